The number of nitrogens with one attached hydrogen (secondary N) is 1. The molecule has 0 fully saturated rings. The van der Waals surface area contributed by atoms with E-state index in [1.165, 1.54) is 55.6 Å². The summed E-state index contributed by atoms with van der Waals surface area (Å²) >= 11 is 0. The molecular weight excluding hydrogens is 707 g/mol. The smallest absolute Gasteiger partial charge is 0.754 e. The zero-order valence-corrected chi connectivity index (χ0v) is 34.1. The van der Waals surface area contributed by atoms with Gasteiger partial charge in [-0.15, -0.1) is 16.3 Å². The second-order valence-electron chi connectivity index (χ2n) is 9.39. The Labute approximate surface area is 347 Å². The van der Waals surface area contributed by atoms with Crippen LogP contribution in [0, 0.1) is 6.07 Å². The number of rotatable bonds is 9. The molecule has 0 saturated heterocycles. The zero-order chi connectivity index (χ0) is 33.1. The van der Waals surface area contributed by atoms with Crippen molar-refractivity contribution < 1.29 is 129 Å². The zero-order valence-electron chi connectivity index (χ0n) is 26.5. The third-order valence-corrected chi connectivity index (χ3v) is 8.10. The first-order valence-corrected chi connectivity index (χ1v) is 15.8. The van der Waals surface area contributed by atoms with Crippen molar-refractivity contribution in [2.75, 3.05) is 12.4 Å². The molecular formula is C30H20N5Na3O9S2. The molecule has 0 aliphatic rings. The van der Waals surface area contributed by atoms with Gasteiger partial charge in [0.05, 0.1) is 27.8 Å². The fraction of sp³-hybridized carbons (Fsp3) is 0.0333. The van der Waals surface area contributed by atoms with Crippen LogP contribution in [0.5, 0.6) is 11.5 Å². The molecule has 0 aliphatic heterocycles. The Bertz CT molecular complexity index is 2270. The van der Waals surface area contributed by atoms with Crippen molar-refractivity contribution in [3.8, 4) is 11.5 Å². The number of hydrogen-bond donors (Lipinski definition) is 2. The van der Waals surface area contributed by atoms with Crippen LogP contribution in [0.25, 0.3) is 10.8 Å². The first kappa shape index (κ1) is 42.6. The number of phenols is 1. The number of ether oxygens (including phenoxy) is 1. The molecule has 0 heterocycles. The van der Waals surface area contributed by atoms with Gasteiger partial charge in [0.25, 0.3) is 5.91 Å². The third kappa shape index (κ3) is 10.5. The molecule has 5 rings (SSSR count). The van der Waals surface area contributed by atoms with Crippen molar-refractivity contribution in [3.05, 3.63) is 103 Å². The number of fused-ring (bicyclic) bond motifs is 1. The van der Waals surface area contributed by atoms with Gasteiger partial charge in [-0.1, -0.05) is 18.2 Å². The Hall–Kier alpha value is -2.55. The quantitative estimate of drug-likeness (QED) is 0.0695. The van der Waals surface area contributed by atoms with E-state index in [9.17, 15) is 35.8 Å². The van der Waals surface area contributed by atoms with Gasteiger partial charge in [-0.3, -0.25) is 13.2 Å². The number of benzene rings is 5. The first-order chi connectivity index (χ1) is 21.8. The Balaban J connectivity index is 0.00000278. The number of nitrogens with zero attached hydrogens (tertiary/aromatic N) is 4. The van der Waals surface area contributed by atoms with Crippen molar-refractivity contribution in [1.29, 1.82) is 0 Å². The molecule has 19 heteroatoms. The molecule has 0 atom stereocenters. The summed E-state index contributed by atoms with van der Waals surface area (Å²) in [6.45, 7) is 0. The number of aromatic hydroxyl groups is 1. The number of carbonyl (C=O) groups excluding carboxylic acids is 1. The fourth-order valence-corrected chi connectivity index (χ4v) is 5.45. The molecule has 2 N–H and O–H groups in total. The van der Waals surface area contributed by atoms with E-state index in [1.807, 2.05) is 0 Å². The average Bonchev–Trinajstić information content (AvgIpc) is 3.03. The molecule has 1 amide bonds. The van der Waals surface area contributed by atoms with Gasteiger partial charge in [0.1, 0.15) is 27.2 Å². The molecule has 0 bridgehead atoms. The standard InChI is InChI=1S/C30H22N5O9S2.3Na/c1-44-25-17-21(32-34-24-9-5-6-10-26(24)45(38,39)40)12-14-23(25)33-35-28-27(46(41,42)43)16-19-15-20(11-13-22(19)29(28)36)31-30(37)18-7-3-2-4-8-18;;;/h2-5,7-17,36H,1H3,(H,31,37)(H,38,39,40)(H,41,42,43);;;/q-1;3*+1/p-2. The van der Waals surface area contributed by atoms with Crippen LogP contribution in [0.4, 0.5) is 28.4 Å². The van der Waals surface area contributed by atoms with Crippen molar-refractivity contribution in [3.63, 3.8) is 0 Å². The minimum atomic E-state index is -5.18. The molecule has 0 aliphatic carbocycles. The van der Waals surface area contributed by atoms with Crippen LogP contribution >= 0.6 is 0 Å². The largest absolute Gasteiger partial charge is 1.00 e. The van der Waals surface area contributed by atoms with Crippen molar-refractivity contribution in [2.45, 2.75) is 9.79 Å². The van der Waals surface area contributed by atoms with Gasteiger partial charge in [-0.25, -0.2) is 8.42 Å². The maximum Gasteiger partial charge on any atom is 1.00 e. The molecule has 14 nitrogen and oxygen atoms in total. The Kier molecular flexibility index (Phi) is 15.7. The van der Waals surface area contributed by atoms with Gasteiger partial charge in [0.2, 0.25) is 0 Å². The van der Waals surface area contributed by atoms with Gasteiger partial charge in [-0.05, 0) is 64.5 Å². The average molecular weight is 728 g/mol. The molecule has 234 valence electrons. The topological polar surface area (TPSA) is 222 Å². The number of methoxy groups -OCH3 is 1. The number of azo groups is 2. The maximum absolute atomic E-state index is 12.6. The number of carbonyl (C=O) groups is 1. The van der Waals surface area contributed by atoms with Crippen molar-refractivity contribution >= 4 is 65.4 Å². The number of phenolic OH excluding ortho intramolecular Hbond substituents is 1. The predicted molar refractivity (Wildman–Crippen MR) is 163 cm³/mol. The number of hydrogen-bond acceptors (Lipinski definition) is 13. The van der Waals surface area contributed by atoms with Crippen LogP contribution in [-0.4, -0.2) is 44.1 Å². The number of amides is 1. The second kappa shape index (κ2) is 18.1. The van der Waals surface area contributed by atoms with Crippen LogP contribution < -0.4 is 98.7 Å². The molecule has 0 saturated carbocycles. The van der Waals surface area contributed by atoms with Crippen molar-refractivity contribution in [1.82, 2.24) is 0 Å². The SMILES string of the molecule is COc1cc(N=Nc2cc[c-]cc2S(=O)(=O)[O-])ccc1N=Nc1c(S(=O)(=O)[O-])cc2cc(NC(=O)c3ccccc3)ccc2c1O.[Na+].[Na+].[Na+]. The molecule has 0 radical (unpaired) electrons. The molecule has 0 spiro atoms. The van der Waals surface area contributed by atoms with Crippen LogP contribution in [-0.2, 0) is 20.2 Å². The molecule has 0 unspecified atom stereocenters. The summed E-state index contributed by atoms with van der Waals surface area (Å²) in [6, 6.07) is 23.8. The summed E-state index contributed by atoms with van der Waals surface area (Å²) in [6.07, 6.45) is 0. The van der Waals surface area contributed by atoms with Crippen LogP contribution in [0.15, 0.2) is 121 Å². The Morgan fingerprint density at radius 1 is 0.796 bits per heavy atom. The van der Waals surface area contributed by atoms with Gasteiger partial charge in [-0.2, -0.15) is 28.4 Å². The molecule has 49 heavy (non-hydrogen) atoms. The summed E-state index contributed by atoms with van der Waals surface area (Å²) < 4.78 is 76.3. The second-order valence-corrected chi connectivity index (χ2v) is 12.1. The first-order valence-electron chi connectivity index (χ1n) is 12.9. The normalized spacial score (nSPS) is 11.4. The third-order valence-electron chi connectivity index (χ3n) is 6.38. The summed E-state index contributed by atoms with van der Waals surface area (Å²) in [7, 11) is -8.72. The number of anilines is 1. The van der Waals surface area contributed by atoms with Gasteiger partial charge in [0, 0.05) is 22.7 Å². The fourth-order valence-electron chi connectivity index (χ4n) is 4.23. The van der Waals surface area contributed by atoms with E-state index in [4.69, 9.17) is 4.74 Å². The van der Waals surface area contributed by atoms with E-state index < -0.39 is 47.4 Å². The Morgan fingerprint density at radius 2 is 1.47 bits per heavy atom. The predicted octanol–water partition coefficient (Wildman–Crippen LogP) is -2.74. The van der Waals surface area contributed by atoms with Crippen LogP contribution in [0.1, 0.15) is 10.4 Å². The maximum atomic E-state index is 12.6. The Morgan fingerprint density at radius 3 is 2.12 bits per heavy atom. The molecule has 0 aromatic heterocycles. The minimum Gasteiger partial charge on any atom is -0.754 e. The van der Waals surface area contributed by atoms with Crippen LogP contribution in [0.3, 0.4) is 0 Å². The monoisotopic (exact) mass is 727 g/mol. The minimum absolute atomic E-state index is 0. The van der Waals surface area contributed by atoms with E-state index >= 15 is 0 Å². The van der Waals surface area contributed by atoms with Gasteiger partial charge >= 0.3 is 88.7 Å². The van der Waals surface area contributed by atoms with Crippen LogP contribution in [0.2, 0.25) is 0 Å². The summed E-state index contributed by atoms with van der Waals surface area (Å²) in [5, 5.41) is 29.5. The van der Waals surface area contributed by atoms with Crippen molar-refractivity contribution in [2.24, 2.45) is 20.5 Å². The summed E-state index contributed by atoms with van der Waals surface area (Å²) in [5.41, 5.74) is 0.0230. The van der Waals surface area contributed by atoms with E-state index in [0.717, 1.165) is 12.1 Å². The molecule has 5 aromatic carbocycles. The van der Waals surface area contributed by atoms with E-state index in [-0.39, 0.29) is 128 Å². The van der Waals surface area contributed by atoms with E-state index in [0.29, 0.717) is 5.56 Å². The molecule has 5 aromatic rings. The van der Waals surface area contributed by atoms with Gasteiger partial charge < -0.3 is 24.3 Å². The summed E-state index contributed by atoms with van der Waals surface area (Å²) in [4.78, 5) is 11.1. The summed E-state index contributed by atoms with van der Waals surface area (Å²) in [5.74, 6) is -1.01. The van der Waals surface area contributed by atoms with E-state index in [1.54, 1.807) is 30.3 Å². The van der Waals surface area contributed by atoms with E-state index in [2.05, 4.69) is 31.8 Å². The van der Waals surface area contributed by atoms with Gasteiger partial charge in [0.15, 0.2) is 5.75 Å².